The van der Waals surface area contributed by atoms with E-state index in [2.05, 4.69) is 20.2 Å². The van der Waals surface area contributed by atoms with Crippen molar-refractivity contribution in [1.29, 1.82) is 0 Å². The van der Waals surface area contributed by atoms with Crippen molar-refractivity contribution >= 4 is 23.2 Å². The molecule has 154 valence electrons. The second kappa shape index (κ2) is 8.59. The van der Waals surface area contributed by atoms with Crippen LogP contribution in [0.25, 0.3) is 11.3 Å². The van der Waals surface area contributed by atoms with Crippen molar-refractivity contribution in [1.82, 2.24) is 9.97 Å². The number of carbonyl (C=O) groups excluding carboxylic acids is 1. The van der Waals surface area contributed by atoms with Gasteiger partial charge in [0.1, 0.15) is 11.6 Å². The number of ketones is 1. The molecule has 1 aliphatic rings. The van der Waals surface area contributed by atoms with Crippen LogP contribution in [0.5, 0.6) is 0 Å². The molecule has 2 N–H and O–H groups in total. The number of benzene rings is 2. The van der Waals surface area contributed by atoms with E-state index in [1.165, 1.54) is 19.1 Å². The van der Waals surface area contributed by atoms with Crippen LogP contribution in [0.2, 0.25) is 0 Å². The molecule has 4 rings (SSSR count). The maximum Gasteiger partial charge on any atom is 0.229 e. The number of piperidine rings is 1. The molecule has 1 aromatic heterocycles. The van der Waals surface area contributed by atoms with Crippen LogP contribution in [0.4, 0.5) is 21.8 Å². The standard InChI is InChI=1S/C23H23FN4O2/c1-15(29)16-4-8-19(9-5-16)25-23-26-21(17-2-6-18(24)7-3-17)14-22(27-23)28-12-10-20(30)11-13-28/h2-9,14,20,30H,10-13H2,1H3,(H,25,26,27). The summed E-state index contributed by atoms with van der Waals surface area (Å²) < 4.78 is 13.4. The number of nitrogens with zero attached hydrogens (tertiary/aromatic N) is 3. The molecule has 30 heavy (non-hydrogen) atoms. The second-order valence-electron chi connectivity index (χ2n) is 7.42. The third-order valence-electron chi connectivity index (χ3n) is 5.19. The Labute approximate surface area is 174 Å². The van der Waals surface area contributed by atoms with Crippen LogP contribution in [0.3, 0.4) is 0 Å². The predicted molar refractivity (Wildman–Crippen MR) is 115 cm³/mol. The van der Waals surface area contributed by atoms with Gasteiger partial charge in [-0.3, -0.25) is 4.79 Å². The van der Waals surface area contributed by atoms with Gasteiger partial charge in [0.25, 0.3) is 0 Å². The van der Waals surface area contributed by atoms with Crippen LogP contribution in [0.1, 0.15) is 30.1 Å². The summed E-state index contributed by atoms with van der Waals surface area (Å²) in [5.74, 6) is 0.861. The predicted octanol–water partition coefficient (Wildman–Crippen LogP) is 4.19. The molecule has 0 aliphatic carbocycles. The summed E-state index contributed by atoms with van der Waals surface area (Å²) in [6, 6.07) is 15.2. The van der Waals surface area contributed by atoms with Crippen LogP contribution >= 0.6 is 0 Å². The number of halogens is 1. The van der Waals surface area contributed by atoms with E-state index in [0.29, 0.717) is 43.1 Å². The SMILES string of the molecule is CC(=O)c1ccc(Nc2nc(-c3ccc(F)cc3)cc(N3CCC(O)CC3)n2)cc1. The van der Waals surface area contributed by atoms with Gasteiger partial charge in [0.05, 0.1) is 11.8 Å². The second-order valence-corrected chi connectivity index (χ2v) is 7.42. The zero-order valence-corrected chi connectivity index (χ0v) is 16.7. The highest BCUT2D eigenvalue weighted by Crippen LogP contribution is 2.27. The van der Waals surface area contributed by atoms with E-state index in [1.54, 1.807) is 24.3 Å². The van der Waals surface area contributed by atoms with Crippen molar-refractivity contribution < 1.29 is 14.3 Å². The Balaban J connectivity index is 1.67. The number of Topliss-reactive ketones (excluding diaryl/α,β-unsaturated/α-hetero) is 1. The lowest BCUT2D eigenvalue weighted by Crippen LogP contribution is -2.36. The lowest BCUT2D eigenvalue weighted by Gasteiger charge is -2.30. The Morgan fingerprint density at radius 1 is 1.07 bits per heavy atom. The lowest BCUT2D eigenvalue weighted by atomic mass is 10.1. The van der Waals surface area contributed by atoms with Gasteiger partial charge in [0.15, 0.2) is 5.78 Å². The average molecular weight is 406 g/mol. The first kappa shape index (κ1) is 20.0. The molecule has 6 nitrogen and oxygen atoms in total. The summed E-state index contributed by atoms with van der Waals surface area (Å²) >= 11 is 0. The Morgan fingerprint density at radius 3 is 2.37 bits per heavy atom. The summed E-state index contributed by atoms with van der Waals surface area (Å²) in [7, 11) is 0. The van der Waals surface area contributed by atoms with Crippen LogP contribution in [0.15, 0.2) is 54.6 Å². The van der Waals surface area contributed by atoms with Crippen LogP contribution in [-0.4, -0.2) is 40.1 Å². The summed E-state index contributed by atoms with van der Waals surface area (Å²) in [5, 5.41) is 13.0. The van der Waals surface area contributed by atoms with Crippen LogP contribution in [-0.2, 0) is 0 Å². The van der Waals surface area contributed by atoms with Gasteiger partial charge in [0, 0.05) is 36.0 Å². The summed E-state index contributed by atoms with van der Waals surface area (Å²) in [4.78, 5) is 22.9. The van der Waals surface area contributed by atoms with E-state index < -0.39 is 0 Å². The van der Waals surface area contributed by atoms with Gasteiger partial charge in [-0.05, 0) is 68.3 Å². The molecule has 2 aromatic carbocycles. The molecule has 1 fully saturated rings. The van der Waals surface area contributed by atoms with Crippen LogP contribution in [0, 0.1) is 5.82 Å². The number of hydrogen-bond donors (Lipinski definition) is 2. The quantitative estimate of drug-likeness (QED) is 0.619. The summed E-state index contributed by atoms with van der Waals surface area (Å²) in [6.45, 7) is 2.93. The van der Waals surface area contributed by atoms with E-state index in [9.17, 15) is 14.3 Å². The Hall–Kier alpha value is -3.32. The van der Waals surface area contributed by atoms with E-state index in [1.807, 2.05) is 18.2 Å². The molecule has 2 heterocycles. The van der Waals surface area contributed by atoms with E-state index in [4.69, 9.17) is 0 Å². The fraction of sp³-hybridized carbons (Fsp3) is 0.261. The first-order valence-electron chi connectivity index (χ1n) is 9.94. The number of hydrogen-bond acceptors (Lipinski definition) is 6. The first-order chi connectivity index (χ1) is 14.5. The fourth-order valence-corrected chi connectivity index (χ4v) is 3.43. The first-order valence-corrected chi connectivity index (χ1v) is 9.94. The van der Waals surface area contributed by atoms with Crippen molar-refractivity contribution in [2.45, 2.75) is 25.9 Å². The van der Waals surface area contributed by atoms with Crippen molar-refractivity contribution in [2.75, 3.05) is 23.3 Å². The van der Waals surface area contributed by atoms with Gasteiger partial charge >= 0.3 is 0 Å². The number of aliphatic hydroxyl groups excluding tert-OH is 1. The largest absolute Gasteiger partial charge is 0.393 e. The van der Waals surface area contributed by atoms with Gasteiger partial charge in [-0.1, -0.05) is 0 Å². The average Bonchev–Trinajstić information content (AvgIpc) is 2.75. The molecule has 1 aliphatic heterocycles. The van der Waals surface area contributed by atoms with E-state index in [-0.39, 0.29) is 17.7 Å². The fourth-order valence-electron chi connectivity index (χ4n) is 3.43. The number of carbonyl (C=O) groups is 1. The molecule has 0 unspecified atom stereocenters. The minimum absolute atomic E-state index is 0.00526. The Bertz CT molecular complexity index is 1030. The minimum atomic E-state index is -0.304. The molecule has 1 saturated heterocycles. The third-order valence-corrected chi connectivity index (χ3v) is 5.19. The van der Waals surface area contributed by atoms with Crippen molar-refractivity contribution in [3.05, 3.63) is 66.0 Å². The third kappa shape index (κ3) is 4.63. The highest BCUT2D eigenvalue weighted by Gasteiger charge is 2.20. The molecule has 0 spiro atoms. The number of aliphatic hydroxyl groups is 1. The highest BCUT2D eigenvalue weighted by molar-refractivity contribution is 5.94. The van der Waals surface area contributed by atoms with Gasteiger partial charge in [-0.25, -0.2) is 9.37 Å². The molecular formula is C23H23FN4O2. The van der Waals surface area contributed by atoms with Crippen molar-refractivity contribution in [3.63, 3.8) is 0 Å². The van der Waals surface area contributed by atoms with Crippen molar-refractivity contribution in [3.8, 4) is 11.3 Å². The molecule has 0 radical (unpaired) electrons. The summed E-state index contributed by atoms with van der Waals surface area (Å²) in [5.41, 5.74) is 2.85. The zero-order valence-electron chi connectivity index (χ0n) is 16.7. The van der Waals surface area contributed by atoms with E-state index in [0.717, 1.165) is 17.1 Å². The molecule has 3 aromatic rings. The monoisotopic (exact) mass is 406 g/mol. The van der Waals surface area contributed by atoms with Crippen LogP contribution < -0.4 is 10.2 Å². The molecular weight excluding hydrogens is 383 g/mol. The lowest BCUT2D eigenvalue weighted by molar-refractivity contribution is 0.101. The minimum Gasteiger partial charge on any atom is -0.393 e. The molecule has 0 amide bonds. The Kier molecular flexibility index (Phi) is 5.72. The number of anilines is 3. The molecule has 0 atom stereocenters. The number of nitrogens with one attached hydrogen (secondary N) is 1. The number of aromatic nitrogens is 2. The maximum absolute atomic E-state index is 13.4. The molecule has 0 saturated carbocycles. The topological polar surface area (TPSA) is 78.4 Å². The molecule has 7 heteroatoms. The van der Waals surface area contributed by atoms with Gasteiger partial charge in [-0.2, -0.15) is 4.98 Å². The van der Waals surface area contributed by atoms with Gasteiger partial charge in [-0.15, -0.1) is 0 Å². The smallest absolute Gasteiger partial charge is 0.229 e. The zero-order chi connectivity index (χ0) is 21.1. The normalized spacial score (nSPS) is 14.6. The molecule has 0 bridgehead atoms. The number of rotatable bonds is 5. The highest BCUT2D eigenvalue weighted by atomic mass is 19.1. The van der Waals surface area contributed by atoms with Gasteiger partial charge in [0.2, 0.25) is 5.95 Å². The Morgan fingerprint density at radius 2 is 1.73 bits per heavy atom. The van der Waals surface area contributed by atoms with Crippen molar-refractivity contribution in [2.24, 2.45) is 0 Å². The van der Waals surface area contributed by atoms with E-state index >= 15 is 0 Å². The summed E-state index contributed by atoms with van der Waals surface area (Å²) in [6.07, 6.45) is 1.09. The maximum atomic E-state index is 13.4. The van der Waals surface area contributed by atoms with Gasteiger partial charge < -0.3 is 15.3 Å².